The van der Waals surface area contributed by atoms with Crippen molar-refractivity contribution < 1.29 is 14.5 Å². The molecular formula is C18H20N4O4S. The molecule has 1 aliphatic rings. The predicted octanol–water partition coefficient (Wildman–Crippen LogP) is 2.77. The minimum absolute atomic E-state index is 0.0928. The Balaban J connectivity index is 1.87. The van der Waals surface area contributed by atoms with E-state index in [1.54, 1.807) is 0 Å². The van der Waals surface area contributed by atoms with Gasteiger partial charge in [-0.15, -0.1) is 11.3 Å². The SMILES string of the molecule is CC(C)N1CCc2c(sc(NC(=O)c3ccc([N+](=O)[O-])cc3)c2C(N)=O)C1. The minimum Gasteiger partial charge on any atom is -0.365 e. The number of hydrogen-bond acceptors (Lipinski definition) is 6. The van der Waals surface area contributed by atoms with Gasteiger partial charge in [-0.1, -0.05) is 0 Å². The number of primary amides is 1. The molecule has 9 heteroatoms. The highest BCUT2D eigenvalue weighted by atomic mass is 32.1. The van der Waals surface area contributed by atoms with Crippen molar-refractivity contribution >= 4 is 33.8 Å². The van der Waals surface area contributed by atoms with E-state index < -0.39 is 16.7 Å². The van der Waals surface area contributed by atoms with Crippen LogP contribution in [0.1, 0.15) is 45.0 Å². The average Bonchev–Trinajstić information content (AvgIpc) is 2.98. The summed E-state index contributed by atoms with van der Waals surface area (Å²) in [7, 11) is 0. The molecule has 0 spiro atoms. The van der Waals surface area contributed by atoms with Crippen LogP contribution in [0.25, 0.3) is 0 Å². The van der Waals surface area contributed by atoms with Crippen LogP contribution in [0.2, 0.25) is 0 Å². The van der Waals surface area contributed by atoms with Crippen LogP contribution in [0, 0.1) is 10.1 Å². The molecule has 1 aromatic carbocycles. The molecule has 0 aliphatic carbocycles. The first kappa shape index (κ1) is 19.0. The van der Waals surface area contributed by atoms with Gasteiger partial charge in [0.15, 0.2) is 0 Å². The van der Waals surface area contributed by atoms with Gasteiger partial charge in [-0.05, 0) is 38.0 Å². The largest absolute Gasteiger partial charge is 0.365 e. The first-order valence-electron chi connectivity index (χ1n) is 8.52. The number of nitrogens with zero attached hydrogens (tertiary/aromatic N) is 2. The van der Waals surface area contributed by atoms with Gasteiger partial charge in [0, 0.05) is 41.7 Å². The van der Waals surface area contributed by atoms with Gasteiger partial charge in [-0.2, -0.15) is 0 Å². The Morgan fingerprint density at radius 3 is 2.52 bits per heavy atom. The molecule has 0 radical (unpaired) electrons. The number of rotatable bonds is 5. The van der Waals surface area contributed by atoms with E-state index >= 15 is 0 Å². The zero-order valence-corrected chi connectivity index (χ0v) is 15.8. The number of nitrogens with two attached hydrogens (primary N) is 1. The van der Waals surface area contributed by atoms with Gasteiger partial charge in [-0.25, -0.2) is 0 Å². The van der Waals surface area contributed by atoms with Crippen molar-refractivity contribution in [1.29, 1.82) is 0 Å². The van der Waals surface area contributed by atoms with Gasteiger partial charge in [-0.3, -0.25) is 24.6 Å². The molecule has 1 aliphatic heterocycles. The summed E-state index contributed by atoms with van der Waals surface area (Å²) < 4.78 is 0. The minimum atomic E-state index is -0.565. The lowest BCUT2D eigenvalue weighted by atomic mass is 10.0. The number of non-ortho nitro benzene ring substituents is 1. The molecule has 0 saturated heterocycles. The fraction of sp³-hybridized carbons (Fsp3) is 0.333. The topological polar surface area (TPSA) is 119 Å². The molecule has 0 atom stereocenters. The normalized spacial score (nSPS) is 14.0. The van der Waals surface area contributed by atoms with E-state index in [1.165, 1.54) is 35.6 Å². The van der Waals surface area contributed by atoms with E-state index in [4.69, 9.17) is 5.73 Å². The van der Waals surface area contributed by atoms with E-state index in [0.717, 1.165) is 17.0 Å². The first-order chi connectivity index (χ1) is 12.8. The highest BCUT2D eigenvalue weighted by Crippen LogP contribution is 2.37. The summed E-state index contributed by atoms with van der Waals surface area (Å²) in [6, 6.07) is 5.68. The van der Waals surface area contributed by atoms with E-state index in [-0.39, 0.29) is 11.3 Å². The molecule has 3 N–H and O–H groups in total. The van der Waals surface area contributed by atoms with Gasteiger partial charge in [0.25, 0.3) is 17.5 Å². The van der Waals surface area contributed by atoms with E-state index in [9.17, 15) is 19.7 Å². The summed E-state index contributed by atoms with van der Waals surface area (Å²) in [4.78, 5) is 38.0. The zero-order valence-electron chi connectivity index (χ0n) is 15.0. The number of nitrogens with one attached hydrogen (secondary N) is 1. The fourth-order valence-electron chi connectivity index (χ4n) is 3.12. The second-order valence-electron chi connectivity index (χ2n) is 6.64. The second kappa shape index (κ2) is 7.45. The van der Waals surface area contributed by atoms with Crippen molar-refractivity contribution in [2.45, 2.75) is 32.9 Å². The third-order valence-corrected chi connectivity index (χ3v) is 5.76. The van der Waals surface area contributed by atoms with Gasteiger partial charge < -0.3 is 11.1 Å². The fourth-order valence-corrected chi connectivity index (χ4v) is 4.40. The summed E-state index contributed by atoms with van der Waals surface area (Å²) in [6.45, 7) is 5.78. The standard InChI is InChI=1S/C18H20N4O4S/c1-10(2)21-8-7-13-14(9-21)27-18(15(13)16(19)23)20-17(24)11-3-5-12(6-4-11)22(25)26/h3-6,10H,7-9H2,1-2H3,(H2,19,23)(H,20,24). The number of nitro benzene ring substituents is 1. The van der Waals surface area contributed by atoms with Crippen LogP contribution < -0.4 is 11.1 Å². The number of thiophene rings is 1. The van der Waals surface area contributed by atoms with E-state index in [0.29, 0.717) is 29.6 Å². The highest BCUT2D eigenvalue weighted by molar-refractivity contribution is 7.17. The average molecular weight is 388 g/mol. The monoisotopic (exact) mass is 388 g/mol. The number of fused-ring (bicyclic) bond motifs is 1. The molecule has 0 saturated carbocycles. The summed E-state index contributed by atoms with van der Waals surface area (Å²) in [5.41, 5.74) is 7.02. The number of carbonyl (C=O) groups is 2. The molecule has 3 rings (SSSR count). The Morgan fingerprint density at radius 1 is 1.30 bits per heavy atom. The lowest BCUT2D eigenvalue weighted by molar-refractivity contribution is -0.384. The molecule has 8 nitrogen and oxygen atoms in total. The van der Waals surface area contributed by atoms with Gasteiger partial charge in [0.2, 0.25) is 0 Å². The second-order valence-corrected chi connectivity index (χ2v) is 7.75. The molecule has 0 unspecified atom stereocenters. The molecular weight excluding hydrogens is 368 g/mol. The Labute approximate surface area is 160 Å². The molecule has 2 heterocycles. The molecule has 0 fully saturated rings. The van der Waals surface area contributed by atoms with Crippen LogP contribution in [-0.4, -0.2) is 34.2 Å². The molecule has 2 amide bonds. The van der Waals surface area contributed by atoms with Crippen LogP contribution in [0.3, 0.4) is 0 Å². The quantitative estimate of drug-likeness (QED) is 0.603. The maximum absolute atomic E-state index is 12.5. The summed E-state index contributed by atoms with van der Waals surface area (Å²) >= 11 is 1.36. The number of anilines is 1. The van der Waals surface area contributed by atoms with Gasteiger partial charge in [0.1, 0.15) is 5.00 Å². The summed E-state index contributed by atoms with van der Waals surface area (Å²) in [6.07, 6.45) is 0.704. The Hall–Kier alpha value is -2.78. The number of amides is 2. The van der Waals surface area contributed by atoms with Crippen LogP contribution in [0.4, 0.5) is 10.7 Å². The maximum atomic E-state index is 12.5. The molecule has 27 heavy (non-hydrogen) atoms. The van der Waals surface area contributed by atoms with Gasteiger partial charge >= 0.3 is 0 Å². The van der Waals surface area contributed by atoms with E-state index in [2.05, 4.69) is 24.1 Å². The molecule has 142 valence electrons. The third-order valence-electron chi connectivity index (χ3n) is 4.63. The number of benzene rings is 1. The summed E-state index contributed by atoms with van der Waals surface area (Å²) in [5, 5.41) is 13.9. The van der Waals surface area contributed by atoms with Gasteiger partial charge in [0.05, 0.1) is 10.5 Å². The van der Waals surface area contributed by atoms with Crippen LogP contribution in [0.5, 0.6) is 0 Å². The van der Waals surface area contributed by atoms with Crippen molar-refractivity contribution in [3.8, 4) is 0 Å². The first-order valence-corrected chi connectivity index (χ1v) is 9.33. The van der Waals surface area contributed by atoms with Crippen molar-refractivity contribution in [3.05, 3.63) is 55.9 Å². The third kappa shape index (κ3) is 3.83. The summed E-state index contributed by atoms with van der Waals surface area (Å²) in [5.74, 6) is -1.00. The Morgan fingerprint density at radius 2 is 1.96 bits per heavy atom. The Bertz CT molecular complexity index is 905. The van der Waals surface area contributed by atoms with Crippen LogP contribution in [0.15, 0.2) is 24.3 Å². The number of carbonyl (C=O) groups excluding carboxylic acids is 2. The highest BCUT2D eigenvalue weighted by Gasteiger charge is 2.28. The predicted molar refractivity (Wildman–Crippen MR) is 103 cm³/mol. The van der Waals surface area contributed by atoms with Crippen molar-refractivity contribution in [3.63, 3.8) is 0 Å². The molecule has 0 bridgehead atoms. The lowest BCUT2D eigenvalue weighted by Crippen LogP contribution is -2.35. The van der Waals surface area contributed by atoms with Crippen LogP contribution in [-0.2, 0) is 13.0 Å². The maximum Gasteiger partial charge on any atom is 0.269 e. The Kier molecular flexibility index (Phi) is 5.24. The van der Waals surface area contributed by atoms with Crippen molar-refractivity contribution in [1.82, 2.24) is 4.90 Å². The molecule has 1 aromatic heterocycles. The lowest BCUT2D eigenvalue weighted by Gasteiger charge is -2.30. The zero-order chi connectivity index (χ0) is 19.7. The number of hydrogen-bond donors (Lipinski definition) is 2. The van der Waals surface area contributed by atoms with Crippen LogP contribution >= 0.6 is 11.3 Å². The number of nitro groups is 1. The van der Waals surface area contributed by atoms with E-state index in [1.807, 2.05) is 0 Å². The van der Waals surface area contributed by atoms with Crippen molar-refractivity contribution in [2.75, 3.05) is 11.9 Å². The smallest absolute Gasteiger partial charge is 0.269 e. The van der Waals surface area contributed by atoms with Crippen molar-refractivity contribution in [2.24, 2.45) is 5.73 Å². The molecule has 2 aromatic rings.